The topological polar surface area (TPSA) is 17.1 Å². The molecule has 0 heterocycles. The zero-order valence-electron chi connectivity index (χ0n) is 29.1. The molecule has 0 rings (SSSR count). The van der Waals surface area contributed by atoms with Crippen molar-refractivity contribution >= 4 is 5.78 Å². The third-order valence-corrected chi connectivity index (χ3v) is 9.38. The SMILES string of the molecule is CCCCCCCCCCCCCCCCCCCCCCCCCCCCCCCCCCCCCCC(C)=O. The molecule has 0 N–H and O–H groups in total. The number of unbranched alkanes of at least 4 members (excludes halogenated alkanes) is 35. The maximum atomic E-state index is 10.9. The number of rotatable bonds is 37. The predicted molar refractivity (Wildman–Crippen MR) is 187 cm³/mol. The van der Waals surface area contributed by atoms with Crippen molar-refractivity contribution in [3.05, 3.63) is 0 Å². The van der Waals surface area contributed by atoms with Crippen LogP contribution in [-0.2, 0) is 4.79 Å². The predicted octanol–water partition coefficient (Wildman–Crippen LogP) is 15.0. The molecule has 0 saturated heterocycles. The highest BCUT2D eigenvalue weighted by Crippen LogP contribution is 2.17. The second-order valence-corrected chi connectivity index (χ2v) is 13.8. The quantitative estimate of drug-likeness (QED) is 0.0672. The lowest BCUT2D eigenvalue weighted by atomic mass is 10.0. The van der Waals surface area contributed by atoms with Gasteiger partial charge in [-0.1, -0.05) is 232 Å². The van der Waals surface area contributed by atoms with Gasteiger partial charge < -0.3 is 4.79 Å². The maximum Gasteiger partial charge on any atom is 0.129 e. The molecule has 0 aromatic rings. The van der Waals surface area contributed by atoms with Gasteiger partial charge in [0.05, 0.1) is 0 Å². The van der Waals surface area contributed by atoms with Gasteiger partial charge in [0.15, 0.2) is 0 Å². The third-order valence-electron chi connectivity index (χ3n) is 9.38. The van der Waals surface area contributed by atoms with Crippen LogP contribution in [0, 0.1) is 0 Å². The minimum absolute atomic E-state index is 0.353. The molecular formula is C40H80O. The summed E-state index contributed by atoms with van der Waals surface area (Å²) in [7, 11) is 0. The lowest BCUT2D eigenvalue weighted by Crippen LogP contribution is -1.89. The first-order valence-corrected chi connectivity index (χ1v) is 19.8. The monoisotopic (exact) mass is 577 g/mol. The molecule has 0 aliphatic carbocycles. The second-order valence-electron chi connectivity index (χ2n) is 13.8. The van der Waals surface area contributed by atoms with Crippen molar-refractivity contribution < 1.29 is 4.79 Å². The number of hydrogen-bond acceptors (Lipinski definition) is 1. The normalized spacial score (nSPS) is 11.5. The van der Waals surface area contributed by atoms with Gasteiger partial charge in [-0.15, -0.1) is 0 Å². The van der Waals surface area contributed by atoms with Crippen LogP contribution in [0.5, 0.6) is 0 Å². The Balaban J connectivity index is 3.03. The lowest BCUT2D eigenvalue weighted by molar-refractivity contribution is -0.117. The zero-order chi connectivity index (χ0) is 29.7. The largest absolute Gasteiger partial charge is 0.300 e. The summed E-state index contributed by atoms with van der Waals surface area (Å²) in [4.78, 5) is 10.9. The highest BCUT2D eigenvalue weighted by Gasteiger charge is 1.98. The van der Waals surface area contributed by atoms with Gasteiger partial charge in [-0.05, 0) is 13.3 Å². The zero-order valence-corrected chi connectivity index (χ0v) is 29.1. The molecule has 246 valence electrons. The fraction of sp³-hybridized carbons (Fsp3) is 0.975. The Morgan fingerprint density at radius 2 is 0.415 bits per heavy atom. The molecular weight excluding hydrogens is 496 g/mol. The Morgan fingerprint density at radius 1 is 0.268 bits per heavy atom. The van der Waals surface area contributed by atoms with E-state index in [0.29, 0.717) is 5.78 Å². The highest BCUT2D eigenvalue weighted by molar-refractivity contribution is 5.75. The van der Waals surface area contributed by atoms with Gasteiger partial charge in [0.1, 0.15) is 5.78 Å². The summed E-state index contributed by atoms with van der Waals surface area (Å²) < 4.78 is 0. The average Bonchev–Trinajstić information content (AvgIpc) is 2.97. The average molecular weight is 577 g/mol. The van der Waals surface area contributed by atoms with Crippen molar-refractivity contribution in [1.82, 2.24) is 0 Å². The van der Waals surface area contributed by atoms with E-state index in [1.54, 1.807) is 6.92 Å². The molecule has 0 bridgehead atoms. The number of Topliss-reactive ketones (excluding diaryl/α,β-unsaturated/α-hetero) is 1. The van der Waals surface area contributed by atoms with Gasteiger partial charge in [0.2, 0.25) is 0 Å². The van der Waals surface area contributed by atoms with Crippen molar-refractivity contribution in [1.29, 1.82) is 0 Å². The van der Waals surface area contributed by atoms with Crippen LogP contribution >= 0.6 is 0 Å². The Hall–Kier alpha value is -0.330. The van der Waals surface area contributed by atoms with Crippen LogP contribution in [0.4, 0.5) is 0 Å². The van der Waals surface area contributed by atoms with Crippen molar-refractivity contribution in [3.8, 4) is 0 Å². The molecule has 41 heavy (non-hydrogen) atoms. The lowest BCUT2D eigenvalue weighted by Gasteiger charge is -2.05. The molecule has 0 spiro atoms. The molecule has 0 unspecified atom stereocenters. The number of carbonyl (C=O) groups is 1. The molecule has 1 heteroatoms. The number of carbonyl (C=O) groups excluding carboxylic acids is 1. The van der Waals surface area contributed by atoms with Crippen LogP contribution in [0.25, 0.3) is 0 Å². The second kappa shape index (κ2) is 37.7. The molecule has 0 radical (unpaired) electrons. The minimum Gasteiger partial charge on any atom is -0.300 e. The van der Waals surface area contributed by atoms with E-state index < -0.39 is 0 Å². The first-order chi connectivity index (χ1) is 20.3. The molecule has 1 nitrogen and oxygen atoms in total. The summed E-state index contributed by atoms with van der Waals surface area (Å²) in [5.74, 6) is 0.353. The Labute approximate surface area is 261 Å². The van der Waals surface area contributed by atoms with Gasteiger partial charge in [0, 0.05) is 6.42 Å². The molecule has 0 amide bonds. The molecule has 0 atom stereocenters. The molecule has 0 aromatic carbocycles. The van der Waals surface area contributed by atoms with Gasteiger partial charge in [-0.2, -0.15) is 0 Å². The van der Waals surface area contributed by atoms with Gasteiger partial charge in [-0.3, -0.25) is 0 Å². The van der Waals surface area contributed by atoms with Crippen LogP contribution in [0.15, 0.2) is 0 Å². The Morgan fingerprint density at radius 3 is 0.561 bits per heavy atom. The third kappa shape index (κ3) is 39.7. The van der Waals surface area contributed by atoms with Crippen LogP contribution in [-0.4, -0.2) is 5.78 Å². The van der Waals surface area contributed by atoms with Crippen molar-refractivity contribution in [3.63, 3.8) is 0 Å². The minimum atomic E-state index is 0.353. The summed E-state index contributed by atoms with van der Waals surface area (Å²) >= 11 is 0. The van der Waals surface area contributed by atoms with E-state index in [0.717, 1.165) is 12.8 Å². The van der Waals surface area contributed by atoms with Gasteiger partial charge in [-0.25, -0.2) is 0 Å². The van der Waals surface area contributed by atoms with Crippen LogP contribution in [0.3, 0.4) is 0 Å². The molecule has 0 fully saturated rings. The highest BCUT2D eigenvalue weighted by atomic mass is 16.1. The van der Waals surface area contributed by atoms with Crippen LogP contribution in [0.2, 0.25) is 0 Å². The molecule has 0 aromatic heterocycles. The van der Waals surface area contributed by atoms with Crippen molar-refractivity contribution in [2.24, 2.45) is 0 Å². The van der Waals surface area contributed by atoms with Gasteiger partial charge >= 0.3 is 0 Å². The van der Waals surface area contributed by atoms with Crippen molar-refractivity contribution in [2.45, 2.75) is 251 Å². The summed E-state index contributed by atoms with van der Waals surface area (Å²) in [5.41, 5.74) is 0. The Bertz CT molecular complexity index is 469. The van der Waals surface area contributed by atoms with Gasteiger partial charge in [0.25, 0.3) is 0 Å². The Kier molecular flexibility index (Phi) is 37.4. The number of ketones is 1. The van der Waals surface area contributed by atoms with E-state index in [9.17, 15) is 4.79 Å². The van der Waals surface area contributed by atoms with Crippen LogP contribution in [0.1, 0.15) is 251 Å². The summed E-state index contributed by atoms with van der Waals surface area (Å²) in [6, 6.07) is 0. The van der Waals surface area contributed by atoms with Crippen molar-refractivity contribution in [2.75, 3.05) is 0 Å². The van der Waals surface area contributed by atoms with E-state index >= 15 is 0 Å². The summed E-state index contributed by atoms with van der Waals surface area (Å²) in [6.07, 6.45) is 52.9. The standard InChI is InChI=1S/C40H80O/c1-3-4-5-6-7-8-9-10-11-12-13-14-15-16-17-18-19-20-21-22-23-24-25-26-27-28-29-30-31-32-33-34-35-36-37-38-39-40(2)41/h3-39H2,1-2H3. The molecule has 0 aliphatic heterocycles. The molecule has 0 saturated carbocycles. The summed E-state index contributed by atoms with van der Waals surface area (Å²) in [6.45, 7) is 4.02. The fourth-order valence-electron chi connectivity index (χ4n) is 6.46. The first-order valence-electron chi connectivity index (χ1n) is 19.8. The fourth-order valence-corrected chi connectivity index (χ4v) is 6.46. The first kappa shape index (κ1) is 40.7. The smallest absolute Gasteiger partial charge is 0.129 e. The molecule has 0 aliphatic rings. The van der Waals surface area contributed by atoms with Crippen LogP contribution < -0.4 is 0 Å². The van der Waals surface area contributed by atoms with E-state index in [-0.39, 0.29) is 0 Å². The van der Waals surface area contributed by atoms with E-state index in [4.69, 9.17) is 0 Å². The van der Waals surface area contributed by atoms with E-state index in [2.05, 4.69) is 6.92 Å². The van der Waals surface area contributed by atoms with E-state index in [1.165, 1.54) is 225 Å². The number of hydrogen-bond donors (Lipinski definition) is 0. The van der Waals surface area contributed by atoms with E-state index in [1.807, 2.05) is 0 Å². The maximum absolute atomic E-state index is 10.9. The summed E-state index contributed by atoms with van der Waals surface area (Å²) in [5, 5.41) is 0.